The van der Waals surface area contributed by atoms with E-state index >= 15 is 0 Å². The summed E-state index contributed by atoms with van der Waals surface area (Å²) < 4.78 is 27.1. The molecular formula is C32H59NO7P+. The van der Waals surface area contributed by atoms with Crippen LogP contribution in [0.2, 0.25) is 0 Å². The van der Waals surface area contributed by atoms with Crippen LogP contribution in [-0.2, 0) is 23.1 Å². The van der Waals surface area contributed by atoms with Crippen molar-refractivity contribution in [2.75, 3.05) is 47.5 Å². The first-order valence-corrected chi connectivity index (χ1v) is 16.9. The van der Waals surface area contributed by atoms with Gasteiger partial charge in [-0.05, 0) is 44.9 Å². The number of hydrogen-bond donors (Lipinski definition) is 2. The van der Waals surface area contributed by atoms with Crippen molar-refractivity contribution in [2.45, 2.75) is 103 Å². The number of rotatable bonds is 27. The maximum absolute atomic E-state index is 11.9. The second-order valence-corrected chi connectivity index (χ2v) is 12.8. The van der Waals surface area contributed by atoms with Crippen molar-refractivity contribution in [3.63, 3.8) is 0 Å². The predicted molar refractivity (Wildman–Crippen MR) is 168 cm³/mol. The largest absolute Gasteiger partial charge is 0.472 e. The van der Waals surface area contributed by atoms with Gasteiger partial charge in [0.2, 0.25) is 0 Å². The van der Waals surface area contributed by atoms with Crippen molar-refractivity contribution in [2.24, 2.45) is 0 Å². The van der Waals surface area contributed by atoms with Crippen LogP contribution in [0.4, 0.5) is 0 Å². The lowest BCUT2D eigenvalue weighted by Crippen LogP contribution is -2.37. The van der Waals surface area contributed by atoms with Crippen molar-refractivity contribution in [3.8, 4) is 0 Å². The van der Waals surface area contributed by atoms with Gasteiger partial charge in [-0.3, -0.25) is 13.8 Å². The highest BCUT2D eigenvalue weighted by Gasteiger charge is 2.24. The van der Waals surface area contributed by atoms with Gasteiger partial charge in [0.1, 0.15) is 25.9 Å². The standard InChI is InChI=1S/C32H58NO7P/c1-5-6-7-8-9-10-11-12-13-14-15-16-17-18-19-20-21-22-23-24-25-26-32(35)38-29-31(34)30-40-41(36,37)39-28-27-33(2,3)4/h6-7,9-10,12-13,15-16,31,34H,5,8,11,14,17-30H2,1-4H3/p+1/b7-6-,10-9-,13-12-,16-15-. The second kappa shape index (κ2) is 26.1. The molecule has 0 spiro atoms. The van der Waals surface area contributed by atoms with Gasteiger partial charge in [-0.1, -0.05) is 94.1 Å². The van der Waals surface area contributed by atoms with E-state index in [1.54, 1.807) is 0 Å². The summed E-state index contributed by atoms with van der Waals surface area (Å²) in [6.45, 7) is 2.00. The summed E-state index contributed by atoms with van der Waals surface area (Å²) in [4.78, 5) is 21.5. The molecule has 2 atom stereocenters. The molecule has 0 aromatic carbocycles. The maximum Gasteiger partial charge on any atom is 0.472 e. The van der Waals surface area contributed by atoms with Gasteiger partial charge in [-0.2, -0.15) is 0 Å². The van der Waals surface area contributed by atoms with Crippen LogP contribution in [0.25, 0.3) is 0 Å². The zero-order chi connectivity index (χ0) is 30.7. The number of carbonyl (C=O) groups is 1. The first-order chi connectivity index (χ1) is 19.6. The fraction of sp³-hybridized carbons (Fsp3) is 0.719. The Hall–Kier alpha value is -1.54. The summed E-state index contributed by atoms with van der Waals surface area (Å²) in [6, 6.07) is 0. The fourth-order valence-corrected chi connectivity index (χ4v) is 4.39. The molecule has 0 saturated carbocycles. The van der Waals surface area contributed by atoms with Crippen molar-refractivity contribution in [1.29, 1.82) is 0 Å². The summed E-state index contributed by atoms with van der Waals surface area (Å²) in [5.74, 6) is -0.383. The molecular weight excluding hydrogens is 541 g/mol. The van der Waals surface area contributed by atoms with Crippen molar-refractivity contribution < 1.29 is 37.6 Å². The Morgan fingerprint density at radius 2 is 1.27 bits per heavy atom. The molecule has 2 unspecified atom stereocenters. The maximum atomic E-state index is 11.9. The molecule has 0 aliphatic rings. The third-order valence-electron chi connectivity index (χ3n) is 6.10. The van der Waals surface area contributed by atoms with Gasteiger partial charge >= 0.3 is 13.8 Å². The average Bonchev–Trinajstić information content (AvgIpc) is 2.90. The molecule has 9 heteroatoms. The highest BCUT2D eigenvalue weighted by Crippen LogP contribution is 2.43. The van der Waals surface area contributed by atoms with Gasteiger partial charge < -0.3 is 19.2 Å². The quantitative estimate of drug-likeness (QED) is 0.0332. The number of unbranched alkanes of at least 4 members (excludes halogenated alkanes) is 8. The Morgan fingerprint density at radius 3 is 1.83 bits per heavy atom. The zero-order valence-electron chi connectivity index (χ0n) is 26.3. The Balaban J connectivity index is 3.57. The summed E-state index contributed by atoms with van der Waals surface area (Å²) in [5, 5.41) is 9.86. The van der Waals surface area contributed by atoms with Gasteiger partial charge in [0, 0.05) is 6.42 Å². The molecule has 8 nitrogen and oxygen atoms in total. The molecule has 0 heterocycles. The van der Waals surface area contributed by atoms with E-state index in [1.165, 1.54) is 32.1 Å². The van der Waals surface area contributed by atoms with Gasteiger partial charge in [0.05, 0.1) is 27.7 Å². The van der Waals surface area contributed by atoms with Gasteiger partial charge in [-0.15, -0.1) is 0 Å². The summed E-state index contributed by atoms with van der Waals surface area (Å²) in [5.41, 5.74) is 0. The number of carbonyl (C=O) groups excluding carboxylic acids is 1. The number of esters is 1. The van der Waals surface area contributed by atoms with E-state index in [0.717, 1.165) is 51.4 Å². The molecule has 238 valence electrons. The van der Waals surface area contributed by atoms with E-state index in [-0.39, 0.29) is 19.2 Å². The van der Waals surface area contributed by atoms with Gasteiger partial charge in [0.25, 0.3) is 0 Å². The third kappa shape index (κ3) is 31.2. The summed E-state index contributed by atoms with van der Waals surface area (Å²) >= 11 is 0. The van der Waals surface area contributed by atoms with Crippen LogP contribution in [-0.4, -0.2) is 74.1 Å². The lowest BCUT2D eigenvalue weighted by Gasteiger charge is -2.24. The monoisotopic (exact) mass is 600 g/mol. The first-order valence-electron chi connectivity index (χ1n) is 15.4. The number of allylic oxidation sites excluding steroid dienone is 8. The molecule has 2 N–H and O–H groups in total. The molecule has 0 fully saturated rings. The highest BCUT2D eigenvalue weighted by molar-refractivity contribution is 7.47. The molecule has 41 heavy (non-hydrogen) atoms. The molecule has 0 aromatic rings. The Kier molecular flexibility index (Phi) is 25.1. The first kappa shape index (κ1) is 39.5. The van der Waals surface area contributed by atoms with Gasteiger partial charge in [-0.25, -0.2) is 4.57 Å². The minimum atomic E-state index is -4.25. The van der Waals surface area contributed by atoms with Crippen LogP contribution >= 0.6 is 7.82 Å². The molecule has 0 bridgehead atoms. The normalized spacial score (nSPS) is 15.0. The van der Waals surface area contributed by atoms with E-state index in [9.17, 15) is 19.4 Å². The topological polar surface area (TPSA) is 102 Å². The van der Waals surface area contributed by atoms with E-state index in [4.69, 9.17) is 13.8 Å². The van der Waals surface area contributed by atoms with Gasteiger partial charge in [0.15, 0.2) is 0 Å². The number of likely N-dealkylation sites (N-methyl/N-ethyl adjacent to an activating group) is 1. The number of quaternary nitrogens is 1. The summed E-state index contributed by atoms with van der Waals surface area (Å²) in [6.07, 6.45) is 31.2. The fourth-order valence-electron chi connectivity index (χ4n) is 3.65. The van der Waals surface area contributed by atoms with E-state index in [0.29, 0.717) is 17.4 Å². The molecule has 0 radical (unpaired) electrons. The van der Waals surface area contributed by atoms with Crippen LogP contribution in [0.15, 0.2) is 48.6 Å². The lowest BCUT2D eigenvalue weighted by molar-refractivity contribution is -0.870. The minimum Gasteiger partial charge on any atom is -0.463 e. The number of hydrogen-bond acceptors (Lipinski definition) is 6. The zero-order valence-corrected chi connectivity index (χ0v) is 27.1. The van der Waals surface area contributed by atoms with Crippen molar-refractivity contribution in [3.05, 3.63) is 48.6 Å². The summed E-state index contributed by atoms with van der Waals surface area (Å²) in [7, 11) is 1.55. The van der Waals surface area contributed by atoms with Crippen LogP contribution in [0.1, 0.15) is 96.8 Å². The molecule has 0 amide bonds. The number of phosphoric ester groups is 1. The Labute approximate surface area is 250 Å². The average molecular weight is 601 g/mol. The lowest BCUT2D eigenvalue weighted by atomic mass is 10.1. The number of ether oxygens (including phenoxy) is 1. The predicted octanol–water partition coefficient (Wildman–Crippen LogP) is 7.44. The smallest absolute Gasteiger partial charge is 0.463 e. The van der Waals surface area contributed by atoms with Crippen molar-refractivity contribution >= 4 is 13.8 Å². The van der Waals surface area contributed by atoms with Crippen LogP contribution in [0.3, 0.4) is 0 Å². The van der Waals surface area contributed by atoms with Crippen molar-refractivity contribution in [1.82, 2.24) is 0 Å². The van der Waals surface area contributed by atoms with Crippen LogP contribution in [0, 0.1) is 0 Å². The SMILES string of the molecule is CC/C=C\C/C=C\C/C=C\C/C=C\CCCCCCCCCCC(=O)OCC(O)COP(=O)(O)OCC[N+](C)(C)C. The number of phosphoric acid groups is 1. The number of aliphatic hydroxyl groups excluding tert-OH is 1. The number of aliphatic hydroxyl groups is 1. The number of nitrogens with zero attached hydrogens (tertiary/aromatic N) is 1. The molecule has 0 rings (SSSR count). The second-order valence-electron chi connectivity index (χ2n) is 11.3. The molecule has 0 aliphatic carbocycles. The highest BCUT2D eigenvalue weighted by atomic mass is 31.2. The van der Waals surface area contributed by atoms with E-state index in [2.05, 4.69) is 55.5 Å². The molecule has 0 aliphatic heterocycles. The molecule has 0 aromatic heterocycles. The Bertz CT molecular complexity index is 802. The molecule has 0 saturated heterocycles. The van der Waals surface area contributed by atoms with E-state index in [1.807, 2.05) is 21.1 Å². The Morgan fingerprint density at radius 1 is 0.756 bits per heavy atom. The minimum absolute atomic E-state index is 0.0506. The van der Waals surface area contributed by atoms with Crippen LogP contribution < -0.4 is 0 Å². The van der Waals surface area contributed by atoms with Crippen LogP contribution in [0.5, 0.6) is 0 Å². The van der Waals surface area contributed by atoms with E-state index < -0.39 is 20.5 Å². The third-order valence-corrected chi connectivity index (χ3v) is 7.09.